The van der Waals surface area contributed by atoms with Gasteiger partial charge in [0.05, 0.1) is 6.61 Å². The van der Waals surface area contributed by atoms with Crippen molar-refractivity contribution in [1.29, 1.82) is 0 Å². The lowest BCUT2D eigenvalue weighted by atomic mass is 10.2. The van der Waals surface area contributed by atoms with Crippen LogP contribution in [0.25, 0.3) is 0 Å². The summed E-state index contributed by atoms with van der Waals surface area (Å²) in [4.78, 5) is 11.2. The Labute approximate surface area is 127 Å². The van der Waals surface area contributed by atoms with E-state index in [1.165, 1.54) is 6.33 Å². The molecule has 1 aromatic carbocycles. The summed E-state index contributed by atoms with van der Waals surface area (Å²) in [5, 5.41) is 0. The summed E-state index contributed by atoms with van der Waals surface area (Å²) in [5.41, 5.74) is 1.13. The van der Waals surface area contributed by atoms with Gasteiger partial charge in [-0.05, 0) is 24.6 Å². The predicted octanol–water partition coefficient (Wildman–Crippen LogP) is 2.25. The standard InChI is InChI=1S/C15H19N3O2S/c1-4-20-15-9-14(16-11-17-15)18(2)10-12-5-7-13(8-6-12)21(3)19/h5-9,11H,4,10H2,1-3H3. The highest BCUT2D eigenvalue weighted by Crippen LogP contribution is 2.17. The Morgan fingerprint density at radius 1 is 1.24 bits per heavy atom. The first-order chi connectivity index (χ1) is 10.1. The zero-order valence-electron chi connectivity index (χ0n) is 12.4. The molecule has 0 bridgehead atoms. The lowest BCUT2D eigenvalue weighted by molar-refractivity contribution is 0.326. The monoisotopic (exact) mass is 305 g/mol. The van der Waals surface area contributed by atoms with Gasteiger partial charge >= 0.3 is 0 Å². The first-order valence-corrected chi connectivity index (χ1v) is 8.24. The van der Waals surface area contributed by atoms with Crippen LogP contribution in [0.3, 0.4) is 0 Å². The molecule has 0 spiro atoms. The molecular weight excluding hydrogens is 286 g/mol. The number of nitrogens with zero attached hydrogens (tertiary/aromatic N) is 3. The Morgan fingerprint density at radius 3 is 2.57 bits per heavy atom. The molecule has 0 aliphatic rings. The van der Waals surface area contributed by atoms with E-state index in [-0.39, 0.29) is 0 Å². The van der Waals surface area contributed by atoms with E-state index in [2.05, 4.69) is 9.97 Å². The first kappa shape index (κ1) is 15.4. The van der Waals surface area contributed by atoms with Crippen molar-refractivity contribution in [2.75, 3.05) is 24.8 Å². The van der Waals surface area contributed by atoms with Gasteiger partial charge in [0, 0.05) is 41.6 Å². The quantitative estimate of drug-likeness (QED) is 0.819. The van der Waals surface area contributed by atoms with Crippen LogP contribution in [0.5, 0.6) is 5.88 Å². The van der Waals surface area contributed by atoms with E-state index in [1.54, 1.807) is 6.26 Å². The van der Waals surface area contributed by atoms with Crippen molar-refractivity contribution < 1.29 is 8.95 Å². The van der Waals surface area contributed by atoms with Crippen molar-refractivity contribution in [2.45, 2.75) is 18.4 Å². The Kier molecular flexibility index (Phi) is 5.27. The molecule has 112 valence electrons. The molecule has 0 N–H and O–H groups in total. The normalized spacial score (nSPS) is 12.0. The number of benzene rings is 1. The summed E-state index contributed by atoms with van der Waals surface area (Å²) in [6.45, 7) is 3.21. The van der Waals surface area contributed by atoms with Crippen LogP contribution in [0.4, 0.5) is 5.82 Å². The zero-order valence-corrected chi connectivity index (χ0v) is 13.3. The van der Waals surface area contributed by atoms with E-state index in [0.29, 0.717) is 19.0 Å². The van der Waals surface area contributed by atoms with Crippen molar-refractivity contribution in [1.82, 2.24) is 9.97 Å². The molecule has 0 fully saturated rings. The lowest BCUT2D eigenvalue weighted by Crippen LogP contribution is -2.18. The molecule has 2 rings (SSSR count). The fourth-order valence-electron chi connectivity index (χ4n) is 1.91. The summed E-state index contributed by atoms with van der Waals surface area (Å²) < 4.78 is 16.7. The van der Waals surface area contributed by atoms with Crippen LogP contribution < -0.4 is 9.64 Å². The minimum atomic E-state index is -0.942. The van der Waals surface area contributed by atoms with Gasteiger partial charge < -0.3 is 9.64 Å². The molecule has 5 nitrogen and oxygen atoms in total. The summed E-state index contributed by atoms with van der Waals surface area (Å²) in [6, 6.07) is 9.57. The number of ether oxygens (including phenoxy) is 1. The number of hydrogen-bond acceptors (Lipinski definition) is 5. The number of rotatable bonds is 6. The highest BCUT2D eigenvalue weighted by molar-refractivity contribution is 7.84. The van der Waals surface area contributed by atoms with E-state index in [4.69, 9.17) is 4.74 Å². The van der Waals surface area contributed by atoms with Crippen molar-refractivity contribution in [3.05, 3.63) is 42.2 Å². The van der Waals surface area contributed by atoms with Gasteiger partial charge in [0.15, 0.2) is 0 Å². The molecular formula is C15H19N3O2S. The van der Waals surface area contributed by atoms with Crippen LogP contribution >= 0.6 is 0 Å². The third-order valence-electron chi connectivity index (χ3n) is 2.99. The van der Waals surface area contributed by atoms with E-state index < -0.39 is 10.8 Å². The maximum absolute atomic E-state index is 11.4. The first-order valence-electron chi connectivity index (χ1n) is 6.68. The number of anilines is 1. The second-order valence-electron chi connectivity index (χ2n) is 4.60. The molecule has 0 aliphatic heterocycles. The van der Waals surface area contributed by atoms with Crippen LogP contribution in [0.1, 0.15) is 12.5 Å². The minimum absolute atomic E-state index is 0.575. The van der Waals surface area contributed by atoms with Gasteiger partial charge in [-0.1, -0.05) is 12.1 Å². The second-order valence-corrected chi connectivity index (χ2v) is 5.98. The summed E-state index contributed by atoms with van der Waals surface area (Å²) in [5.74, 6) is 1.38. The van der Waals surface area contributed by atoms with Gasteiger partial charge in [-0.25, -0.2) is 9.97 Å². The van der Waals surface area contributed by atoms with Gasteiger partial charge in [0.25, 0.3) is 0 Å². The van der Waals surface area contributed by atoms with E-state index in [0.717, 1.165) is 16.3 Å². The Balaban J connectivity index is 2.08. The second kappa shape index (κ2) is 7.17. The molecule has 2 aromatic rings. The predicted molar refractivity (Wildman–Crippen MR) is 84.1 cm³/mol. The largest absolute Gasteiger partial charge is 0.478 e. The molecule has 0 amide bonds. The van der Waals surface area contributed by atoms with Crippen molar-refractivity contribution in [3.63, 3.8) is 0 Å². The zero-order chi connectivity index (χ0) is 15.2. The fourth-order valence-corrected chi connectivity index (χ4v) is 2.43. The molecule has 1 atom stereocenters. The van der Waals surface area contributed by atoms with Gasteiger partial charge in [-0.2, -0.15) is 0 Å². The van der Waals surface area contributed by atoms with Crippen molar-refractivity contribution in [2.24, 2.45) is 0 Å². The SMILES string of the molecule is CCOc1cc(N(C)Cc2ccc(S(C)=O)cc2)ncn1. The third-order valence-corrected chi connectivity index (χ3v) is 3.92. The Hall–Kier alpha value is -1.95. The molecule has 0 saturated heterocycles. The molecule has 0 radical (unpaired) electrons. The topological polar surface area (TPSA) is 55.3 Å². The van der Waals surface area contributed by atoms with Crippen LogP contribution in [0.15, 0.2) is 41.6 Å². The van der Waals surface area contributed by atoms with Gasteiger partial charge in [-0.3, -0.25) is 4.21 Å². The smallest absolute Gasteiger partial charge is 0.218 e. The minimum Gasteiger partial charge on any atom is -0.478 e. The average Bonchev–Trinajstić information content (AvgIpc) is 2.48. The van der Waals surface area contributed by atoms with Crippen LogP contribution in [-0.2, 0) is 17.3 Å². The van der Waals surface area contributed by atoms with E-state index >= 15 is 0 Å². The summed E-state index contributed by atoms with van der Waals surface area (Å²) in [6.07, 6.45) is 3.18. The average molecular weight is 305 g/mol. The van der Waals surface area contributed by atoms with Crippen LogP contribution in [0, 0.1) is 0 Å². The molecule has 6 heteroatoms. The molecule has 1 unspecified atom stereocenters. The maximum Gasteiger partial charge on any atom is 0.218 e. The van der Waals surface area contributed by atoms with Gasteiger partial charge in [-0.15, -0.1) is 0 Å². The van der Waals surface area contributed by atoms with Crippen LogP contribution in [-0.4, -0.2) is 34.1 Å². The Bertz CT molecular complexity index is 617. The summed E-state index contributed by atoms with van der Waals surface area (Å²) in [7, 11) is 1.02. The van der Waals surface area contributed by atoms with Gasteiger partial charge in [0.2, 0.25) is 5.88 Å². The fraction of sp³-hybridized carbons (Fsp3) is 0.333. The lowest BCUT2D eigenvalue weighted by Gasteiger charge is -2.18. The maximum atomic E-state index is 11.4. The molecule has 0 saturated carbocycles. The molecule has 21 heavy (non-hydrogen) atoms. The van der Waals surface area contributed by atoms with Crippen molar-refractivity contribution in [3.8, 4) is 5.88 Å². The third kappa shape index (κ3) is 4.26. The highest BCUT2D eigenvalue weighted by atomic mass is 32.2. The highest BCUT2D eigenvalue weighted by Gasteiger charge is 2.06. The van der Waals surface area contributed by atoms with Crippen LogP contribution in [0.2, 0.25) is 0 Å². The van der Waals surface area contributed by atoms with E-state index in [1.807, 2.05) is 49.2 Å². The molecule has 1 aromatic heterocycles. The van der Waals surface area contributed by atoms with Gasteiger partial charge in [0.1, 0.15) is 12.1 Å². The number of aromatic nitrogens is 2. The van der Waals surface area contributed by atoms with Crippen molar-refractivity contribution >= 4 is 16.6 Å². The molecule has 1 heterocycles. The summed E-state index contributed by atoms with van der Waals surface area (Å²) >= 11 is 0. The Morgan fingerprint density at radius 2 is 1.95 bits per heavy atom. The molecule has 0 aliphatic carbocycles. The van der Waals surface area contributed by atoms with E-state index in [9.17, 15) is 4.21 Å². The number of hydrogen-bond donors (Lipinski definition) is 0.